The normalized spacial score (nSPS) is 11.2. The van der Waals surface area contributed by atoms with Gasteiger partial charge in [0.15, 0.2) is 17.5 Å². The van der Waals surface area contributed by atoms with Gasteiger partial charge in [0, 0.05) is 24.4 Å². The van der Waals surface area contributed by atoms with Crippen molar-refractivity contribution in [3.05, 3.63) is 23.8 Å². The number of guanidine groups is 1. The molecular formula is C14H23N3O2S. The molecule has 0 saturated carbocycles. The smallest absolute Gasteiger partial charge is 0.191 e. The topological polar surface area (TPSA) is 65.9 Å². The Bertz CT molecular complexity index is 438. The van der Waals surface area contributed by atoms with E-state index >= 15 is 0 Å². The van der Waals surface area contributed by atoms with Gasteiger partial charge in [0.2, 0.25) is 0 Å². The molecule has 0 atom stereocenters. The van der Waals surface area contributed by atoms with Gasteiger partial charge in [-0.2, -0.15) is 11.8 Å². The van der Waals surface area contributed by atoms with E-state index in [0.29, 0.717) is 12.3 Å². The second-order valence-electron chi connectivity index (χ2n) is 4.08. The van der Waals surface area contributed by atoms with Crippen molar-refractivity contribution < 1.29 is 9.84 Å². The molecule has 3 N–H and O–H groups in total. The number of hydrogen-bond acceptors (Lipinski definition) is 4. The molecule has 0 saturated heterocycles. The molecule has 20 heavy (non-hydrogen) atoms. The molecule has 1 aromatic rings. The number of hydrogen-bond donors (Lipinski definition) is 3. The number of aromatic hydroxyl groups is 1. The average molecular weight is 297 g/mol. The fraction of sp³-hybridized carbons (Fsp3) is 0.500. The van der Waals surface area contributed by atoms with E-state index in [1.165, 1.54) is 7.11 Å². The lowest BCUT2D eigenvalue weighted by molar-refractivity contribution is 0.370. The fourth-order valence-electron chi connectivity index (χ4n) is 1.64. The third-order valence-corrected chi connectivity index (χ3v) is 3.27. The number of ether oxygens (including phenoxy) is 1. The molecule has 6 heteroatoms. The van der Waals surface area contributed by atoms with Crippen LogP contribution in [0, 0.1) is 0 Å². The number of benzene rings is 1. The van der Waals surface area contributed by atoms with Crippen LogP contribution in [0.1, 0.15) is 12.5 Å². The minimum atomic E-state index is 0.152. The van der Waals surface area contributed by atoms with E-state index < -0.39 is 0 Å². The second kappa shape index (κ2) is 9.36. The highest BCUT2D eigenvalue weighted by Gasteiger charge is 2.06. The largest absolute Gasteiger partial charge is 0.504 e. The van der Waals surface area contributed by atoms with Gasteiger partial charge in [-0.15, -0.1) is 0 Å². The molecule has 1 rings (SSSR count). The third-order valence-electron chi connectivity index (χ3n) is 2.65. The lowest BCUT2D eigenvalue weighted by Gasteiger charge is -2.11. The molecule has 0 aliphatic rings. The maximum Gasteiger partial charge on any atom is 0.191 e. The highest BCUT2D eigenvalue weighted by atomic mass is 32.2. The number of phenols is 1. The Morgan fingerprint density at radius 1 is 1.40 bits per heavy atom. The number of methoxy groups -OCH3 is 1. The highest BCUT2D eigenvalue weighted by molar-refractivity contribution is 7.98. The molecule has 1 aromatic carbocycles. The number of phenolic OH excluding ortho intramolecular Hbond substituents is 1. The van der Waals surface area contributed by atoms with Crippen molar-refractivity contribution in [1.29, 1.82) is 0 Å². The van der Waals surface area contributed by atoms with Crippen LogP contribution in [0.5, 0.6) is 11.5 Å². The number of aliphatic imine (C=N–C) groups is 1. The van der Waals surface area contributed by atoms with E-state index in [4.69, 9.17) is 4.74 Å². The molecule has 0 unspecified atom stereocenters. The number of rotatable bonds is 7. The Morgan fingerprint density at radius 2 is 2.20 bits per heavy atom. The summed E-state index contributed by atoms with van der Waals surface area (Å²) >= 11 is 1.78. The average Bonchev–Trinajstić information content (AvgIpc) is 2.46. The van der Waals surface area contributed by atoms with E-state index in [0.717, 1.165) is 30.4 Å². The molecule has 0 amide bonds. The Morgan fingerprint density at radius 3 is 2.85 bits per heavy atom. The molecule has 0 aromatic heterocycles. The number of nitrogens with one attached hydrogen (secondary N) is 2. The van der Waals surface area contributed by atoms with Crippen molar-refractivity contribution in [3.8, 4) is 11.5 Å². The van der Waals surface area contributed by atoms with Crippen molar-refractivity contribution in [3.63, 3.8) is 0 Å². The van der Waals surface area contributed by atoms with Crippen LogP contribution >= 0.6 is 11.8 Å². The van der Waals surface area contributed by atoms with Crippen LogP contribution in [-0.2, 0) is 6.54 Å². The first-order chi connectivity index (χ1) is 9.72. The zero-order chi connectivity index (χ0) is 14.8. The van der Waals surface area contributed by atoms with E-state index in [1.54, 1.807) is 17.8 Å². The molecular weight excluding hydrogens is 274 g/mol. The quantitative estimate of drug-likeness (QED) is 0.407. The minimum absolute atomic E-state index is 0.152. The Balaban J connectivity index is 2.70. The maximum atomic E-state index is 10.0. The zero-order valence-electron chi connectivity index (χ0n) is 12.3. The van der Waals surface area contributed by atoms with Gasteiger partial charge in [-0.1, -0.05) is 12.1 Å². The molecule has 0 aliphatic heterocycles. The van der Waals surface area contributed by atoms with E-state index in [-0.39, 0.29) is 5.75 Å². The Hall–Kier alpha value is -1.56. The van der Waals surface area contributed by atoms with Crippen LogP contribution < -0.4 is 15.4 Å². The summed E-state index contributed by atoms with van der Waals surface area (Å²) in [4.78, 5) is 4.46. The van der Waals surface area contributed by atoms with Gasteiger partial charge in [-0.25, -0.2) is 4.99 Å². The number of para-hydroxylation sites is 1. The molecule has 0 bridgehead atoms. The van der Waals surface area contributed by atoms with Crippen molar-refractivity contribution in [1.82, 2.24) is 10.6 Å². The van der Waals surface area contributed by atoms with Crippen LogP contribution in [0.3, 0.4) is 0 Å². The number of nitrogens with zero attached hydrogens (tertiary/aromatic N) is 1. The minimum Gasteiger partial charge on any atom is -0.504 e. The molecule has 5 nitrogen and oxygen atoms in total. The number of thioether (sulfide) groups is 1. The van der Waals surface area contributed by atoms with Gasteiger partial charge in [-0.05, 0) is 19.2 Å². The Labute approximate surface area is 124 Å². The molecule has 0 aliphatic carbocycles. The maximum absolute atomic E-state index is 10.0. The third kappa shape index (κ3) is 5.21. The van der Waals surface area contributed by atoms with Gasteiger partial charge in [0.1, 0.15) is 0 Å². The van der Waals surface area contributed by atoms with Crippen LogP contribution in [-0.4, -0.2) is 43.3 Å². The van der Waals surface area contributed by atoms with Crippen LogP contribution in [0.25, 0.3) is 0 Å². The molecule has 0 radical (unpaired) electrons. The van der Waals surface area contributed by atoms with Crippen molar-refractivity contribution in [2.24, 2.45) is 4.99 Å². The highest BCUT2D eigenvalue weighted by Crippen LogP contribution is 2.29. The van der Waals surface area contributed by atoms with E-state index in [1.807, 2.05) is 19.1 Å². The molecule has 0 fully saturated rings. The second-order valence-corrected chi connectivity index (χ2v) is 5.07. The first kappa shape index (κ1) is 16.5. The fourth-order valence-corrected chi connectivity index (χ4v) is 1.94. The van der Waals surface area contributed by atoms with Crippen molar-refractivity contribution in [2.45, 2.75) is 13.5 Å². The summed E-state index contributed by atoms with van der Waals surface area (Å²) in [7, 11) is 1.54. The monoisotopic (exact) mass is 297 g/mol. The summed E-state index contributed by atoms with van der Waals surface area (Å²) in [6.07, 6.45) is 2.07. The summed E-state index contributed by atoms with van der Waals surface area (Å²) in [5, 5.41) is 16.4. The summed E-state index contributed by atoms with van der Waals surface area (Å²) in [5.74, 6) is 2.40. The van der Waals surface area contributed by atoms with Crippen LogP contribution in [0.2, 0.25) is 0 Å². The lowest BCUT2D eigenvalue weighted by Crippen LogP contribution is -2.38. The standard InChI is InChI=1S/C14H23N3O2S/c1-4-15-14(16-8-9-20-3)17-10-11-6-5-7-12(19-2)13(11)18/h5-7,18H,4,8-10H2,1-3H3,(H2,15,16,17). The van der Waals surface area contributed by atoms with Crippen LogP contribution in [0.15, 0.2) is 23.2 Å². The van der Waals surface area contributed by atoms with Crippen molar-refractivity contribution >= 4 is 17.7 Å². The predicted molar refractivity (Wildman–Crippen MR) is 85.9 cm³/mol. The lowest BCUT2D eigenvalue weighted by atomic mass is 10.2. The van der Waals surface area contributed by atoms with Gasteiger partial charge >= 0.3 is 0 Å². The first-order valence-corrected chi connectivity index (χ1v) is 7.98. The Kier molecular flexibility index (Phi) is 7.72. The summed E-state index contributed by atoms with van der Waals surface area (Å²) in [6, 6.07) is 5.41. The van der Waals surface area contributed by atoms with Gasteiger partial charge in [0.05, 0.1) is 13.7 Å². The van der Waals surface area contributed by atoms with Gasteiger partial charge in [-0.3, -0.25) is 0 Å². The summed E-state index contributed by atoms with van der Waals surface area (Å²) in [6.45, 7) is 4.08. The van der Waals surface area contributed by atoms with Crippen LogP contribution in [0.4, 0.5) is 0 Å². The van der Waals surface area contributed by atoms with E-state index in [2.05, 4.69) is 21.9 Å². The summed E-state index contributed by atoms with van der Waals surface area (Å²) in [5.41, 5.74) is 0.742. The van der Waals surface area contributed by atoms with E-state index in [9.17, 15) is 5.11 Å². The SMILES string of the molecule is CCNC(=NCc1cccc(OC)c1O)NCCSC. The summed E-state index contributed by atoms with van der Waals surface area (Å²) < 4.78 is 5.09. The predicted octanol–water partition coefficient (Wildman–Crippen LogP) is 1.82. The van der Waals surface area contributed by atoms with Gasteiger partial charge in [0.25, 0.3) is 0 Å². The molecule has 112 valence electrons. The zero-order valence-corrected chi connectivity index (χ0v) is 13.1. The molecule has 0 heterocycles. The molecule has 0 spiro atoms. The van der Waals surface area contributed by atoms with Crippen molar-refractivity contribution in [2.75, 3.05) is 32.2 Å². The first-order valence-electron chi connectivity index (χ1n) is 6.58. The van der Waals surface area contributed by atoms with Gasteiger partial charge < -0.3 is 20.5 Å².